The number of aryl methyl sites for hydroxylation is 1. The van der Waals surface area contributed by atoms with Crippen LogP contribution >= 0.6 is 0 Å². The Balaban J connectivity index is 2.23. The molecule has 76 valence electrons. The minimum Gasteiger partial charge on any atom is -0.330 e. The summed E-state index contributed by atoms with van der Waals surface area (Å²) in [7, 11) is 0. The van der Waals surface area contributed by atoms with Gasteiger partial charge in [-0.1, -0.05) is 29.8 Å². The average Bonchev–Trinajstić information content (AvgIpc) is 2.13. The molecule has 1 unspecified atom stereocenters. The molecule has 0 aliphatic carbocycles. The SMILES string of the molecule is Cc1ccc(C2(CCN)CCN2)cc1. The van der Waals surface area contributed by atoms with Gasteiger partial charge in [0, 0.05) is 5.54 Å². The summed E-state index contributed by atoms with van der Waals surface area (Å²) >= 11 is 0. The van der Waals surface area contributed by atoms with Crippen molar-refractivity contribution >= 4 is 0 Å². The third kappa shape index (κ3) is 1.56. The monoisotopic (exact) mass is 190 g/mol. The minimum atomic E-state index is 0.183. The molecule has 0 saturated carbocycles. The lowest BCUT2D eigenvalue weighted by Crippen LogP contribution is -2.55. The van der Waals surface area contributed by atoms with E-state index in [2.05, 4.69) is 36.5 Å². The molecule has 1 aromatic carbocycles. The van der Waals surface area contributed by atoms with Crippen molar-refractivity contribution in [3.8, 4) is 0 Å². The highest BCUT2D eigenvalue weighted by Gasteiger charge is 2.36. The van der Waals surface area contributed by atoms with E-state index < -0.39 is 0 Å². The molecular weight excluding hydrogens is 172 g/mol. The molecule has 0 radical (unpaired) electrons. The van der Waals surface area contributed by atoms with E-state index in [1.54, 1.807) is 0 Å². The van der Waals surface area contributed by atoms with Gasteiger partial charge in [0.1, 0.15) is 0 Å². The van der Waals surface area contributed by atoms with E-state index in [4.69, 9.17) is 5.73 Å². The molecule has 0 bridgehead atoms. The first kappa shape index (κ1) is 9.69. The Bertz CT molecular complexity index is 299. The van der Waals surface area contributed by atoms with Gasteiger partial charge in [0.25, 0.3) is 0 Å². The van der Waals surface area contributed by atoms with Crippen molar-refractivity contribution in [2.45, 2.75) is 25.3 Å². The van der Waals surface area contributed by atoms with Gasteiger partial charge < -0.3 is 11.1 Å². The van der Waals surface area contributed by atoms with Crippen LogP contribution in [0.4, 0.5) is 0 Å². The summed E-state index contributed by atoms with van der Waals surface area (Å²) < 4.78 is 0. The van der Waals surface area contributed by atoms with Gasteiger partial charge in [-0.15, -0.1) is 0 Å². The highest BCUT2D eigenvalue weighted by Crippen LogP contribution is 2.34. The van der Waals surface area contributed by atoms with Gasteiger partial charge in [-0.25, -0.2) is 0 Å². The summed E-state index contributed by atoms with van der Waals surface area (Å²) in [5, 5.41) is 3.52. The average molecular weight is 190 g/mol. The molecular formula is C12H18N2. The Morgan fingerprint density at radius 3 is 2.43 bits per heavy atom. The third-order valence-corrected chi connectivity index (χ3v) is 3.19. The Kier molecular flexibility index (Phi) is 2.57. The molecule has 1 fully saturated rings. The van der Waals surface area contributed by atoms with Gasteiger partial charge in [0.05, 0.1) is 0 Å². The molecule has 1 aliphatic heterocycles. The van der Waals surface area contributed by atoms with E-state index in [-0.39, 0.29) is 5.54 Å². The lowest BCUT2D eigenvalue weighted by Gasteiger charge is -2.44. The number of rotatable bonds is 3. The van der Waals surface area contributed by atoms with Crippen LogP contribution in [0.5, 0.6) is 0 Å². The van der Waals surface area contributed by atoms with Crippen molar-refractivity contribution in [3.05, 3.63) is 35.4 Å². The molecule has 1 saturated heterocycles. The van der Waals surface area contributed by atoms with Crippen LogP contribution in [0.2, 0.25) is 0 Å². The summed E-state index contributed by atoms with van der Waals surface area (Å²) in [6.07, 6.45) is 2.25. The Morgan fingerprint density at radius 2 is 2.00 bits per heavy atom. The van der Waals surface area contributed by atoms with E-state index >= 15 is 0 Å². The largest absolute Gasteiger partial charge is 0.330 e. The number of hydrogen-bond acceptors (Lipinski definition) is 2. The Labute approximate surface area is 85.5 Å². The van der Waals surface area contributed by atoms with Gasteiger partial charge in [-0.2, -0.15) is 0 Å². The molecule has 2 nitrogen and oxygen atoms in total. The van der Waals surface area contributed by atoms with E-state index in [0.29, 0.717) is 0 Å². The van der Waals surface area contributed by atoms with Crippen LogP contribution in [0.25, 0.3) is 0 Å². The first-order valence-electron chi connectivity index (χ1n) is 5.29. The molecule has 2 heteroatoms. The normalized spacial score (nSPS) is 25.9. The quantitative estimate of drug-likeness (QED) is 0.758. The zero-order valence-corrected chi connectivity index (χ0v) is 8.72. The zero-order valence-electron chi connectivity index (χ0n) is 8.72. The van der Waals surface area contributed by atoms with Gasteiger partial charge in [-0.05, 0) is 38.4 Å². The van der Waals surface area contributed by atoms with Crippen molar-refractivity contribution < 1.29 is 0 Å². The van der Waals surface area contributed by atoms with Crippen molar-refractivity contribution in [1.82, 2.24) is 5.32 Å². The van der Waals surface area contributed by atoms with Crippen LogP contribution in [-0.4, -0.2) is 13.1 Å². The first-order valence-corrected chi connectivity index (χ1v) is 5.29. The number of hydrogen-bond donors (Lipinski definition) is 2. The van der Waals surface area contributed by atoms with E-state index in [1.807, 2.05) is 0 Å². The summed E-state index contributed by atoms with van der Waals surface area (Å²) in [6.45, 7) is 3.99. The third-order valence-electron chi connectivity index (χ3n) is 3.19. The van der Waals surface area contributed by atoms with Crippen LogP contribution in [0.1, 0.15) is 24.0 Å². The van der Waals surface area contributed by atoms with Crippen LogP contribution in [0.3, 0.4) is 0 Å². The fourth-order valence-corrected chi connectivity index (χ4v) is 2.15. The first-order chi connectivity index (χ1) is 6.77. The number of benzene rings is 1. The van der Waals surface area contributed by atoms with Crippen LogP contribution in [0, 0.1) is 6.92 Å². The van der Waals surface area contributed by atoms with Crippen molar-refractivity contribution in [2.75, 3.05) is 13.1 Å². The predicted molar refractivity (Wildman–Crippen MR) is 59.1 cm³/mol. The van der Waals surface area contributed by atoms with Gasteiger partial charge >= 0.3 is 0 Å². The van der Waals surface area contributed by atoms with Crippen LogP contribution < -0.4 is 11.1 Å². The number of nitrogens with two attached hydrogens (primary N) is 1. The molecule has 1 atom stereocenters. The van der Waals surface area contributed by atoms with Gasteiger partial charge in [0.15, 0.2) is 0 Å². The maximum absolute atomic E-state index is 5.65. The van der Waals surface area contributed by atoms with E-state index in [0.717, 1.165) is 19.5 Å². The fourth-order valence-electron chi connectivity index (χ4n) is 2.15. The smallest absolute Gasteiger partial charge is 0.0458 e. The van der Waals surface area contributed by atoms with Crippen molar-refractivity contribution in [1.29, 1.82) is 0 Å². The second-order valence-corrected chi connectivity index (χ2v) is 4.16. The minimum absolute atomic E-state index is 0.183. The molecule has 1 heterocycles. The highest BCUT2D eigenvalue weighted by molar-refractivity contribution is 5.30. The fraction of sp³-hybridized carbons (Fsp3) is 0.500. The summed E-state index contributed by atoms with van der Waals surface area (Å²) in [4.78, 5) is 0. The second-order valence-electron chi connectivity index (χ2n) is 4.16. The van der Waals surface area contributed by atoms with Crippen molar-refractivity contribution in [3.63, 3.8) is 0 Å². The van der Waals surface area contributed by atoms with Crippen LogP contribution in [-0.2, 0) is 5.54 Å². The lowest BCUT2D eigenvalue weighted by atomic mass is 9.78. The van der Waals surface area contributed by atoms with E-state index in [9.17, 15) is 0 Å². The van der Waals surface area contributed by atoms with E-state index in [1.165, 1.54) is 17.5 Å². The Hall–Kier alpha value is -0.860. The zero-order chi connectivity index (χ0) is 10.0. The maximum atomic E-state index is 5.65. The molecule has 1 aromatic rings. The predicted octanol–water partition coefficient (Wildman–Crippen LogP) is 1.53. The molecule has 14 heavy (non-hydrogen) atoms. The maximum Gasteiger partial charge on any atom is 0.0458 e. The summed E-state index contributed by atoms with van der Waals surface area (Å²) in [5.41, 5.74) is 8.54. The molecule has 0 aromatic heterocycles. The molecule has 0 amide bonds. The topological polar surface area (TPSA) is 38.0 Å². The van der Waals surface area contributed by atoms with Crippen LogP contribution in [0.15, 0.2) is 24.3 Å². The number of nitrogens with one attached hydrogen (secondary N) is 1. The van der Waals surface area contributed by atoms with Gasteiger partial charge in [0.2, 0.25) is 0 Å². The summed E-state index contributed by atoms with van der Waals surface area (Å²) in [5.74, 6) is 0. The molecule has 2 rings (SSSR count). The lowest BCUT2D eigenvalue weighted by molar-refractivity contribution is 0.196. The van der Waals surface area contributed by atoms with Gasteiger partial charge in [-0.3, -0.25) is 0 Å². The van der Waals surface area contributed by atoms with Crippen molar-refractivity contribution in [2.24, 2.45) is 5.73 Å². The molecule has 0 spiro atoms. The Morgan fingerprint density at radius 1 is 1.36 bits per heavy atom. The highest BCUT2D eigenvalue weighted by atomic mass is 15.0. The summed E-state index contributed by atoms with van der Waals surface area (Å²) in [6, 6.07) is 8.79. The molecule has 3 N–H and O–H groups in total. The second kappa shape index (κ2) is 3.71. The molecule has 1 aliphatic rings. The standard InChI is InChI=1S/C12H18N2/c1-10-2-4-11(5-3-10)12(6-8-13)7-9-14-12/h2-5,14H,6-9,13H2,1H3.